The Bertz CT molecular complexity index is 844. The molecule has 1 heterocycles. The lowest BCUT2D eigenvalue weighted by Crippen LogP contribution is -2.28. The smallest absolute Gasteiger partial charge is 0.286 e. The highest BCUT2D eigenvalue weighted by atomic mass is 32.2. The van der Waals surface area contributed by atoms with Crippen LogP contribution < -0.4 is 5.32 Å². The largest absolute Gasteiger partial charge is 0.507 e. The number of phenols is 1. The van der Waals surface area contributed by atoms with Gasteiger partial charge in [0.1, 0.15) is 5.75 Å². The van der Waals surface area contributed by atoms with Gasteiger partial charge in [0.15, 0.2) is 5.17 Å². The number of para-hydroxylation sites is 1. The quantitative estimate of drug-likeness (QED) is 0.844. The molecular formula is C18H14N2O3S. The summed E-state index contributed by atoms with van der Waals surface area (Å²) in [7, 11) is 0. The van der Waals surface area contributed by atoms with Crippen LogP contribution in [0.25, 0.3) is 6.08 Å². The van der Waals surface area contributed by atoms with Gasteiger partial charge in [-0.2, -0.15) is 4.99 Å². The molecule has 1 aliphatic heterocycles. The Morgan fingerprint density at radius 1 is 1.12 bits per heavy atom. The van der Waals surface area contributed by atoms with Crippen molar-refractivity contribution >= 4 is 34.8 Å². The van der Waals surface area contributed by atoms with Crippen LogP contribution in [0.5, 0.6) is 5.75 Å². The lowest BCUT2D eigenvalue weighted by Gasteiger charge is -2.03. The molecule has 2 N–H and O–H groups in total. The molecule has 1 aliphatic rings. The van der Waals surface area contributed by atoms with Crippen molar-refractivity contribution in [3.8, 4) is 5.75 Å². The van der Waals surface area contributed by atoms with E-state index in [1.807, 2.05) is 30.3 Å². The molecule has 6 heteroatoms. The van der Waals surface area contributed by atoms with Gasteiger partial charge < -0.3 is 10.4 Å². The number of nitrogens with zero attached hydrogens (tertiary/aromatic N) is 1. The van der Waals surface area contributed by atoms with Crippen LogP contribution in [-0.2, 0) is 16.0 Å². The van der Waals surface area contributed by atoms with Gasteiger partial charge in [0, 0.05) is 5.56 Å². The zero-order valence-electron chi connectivity index (χ0n) is 12.6. The minimum atomic E-state index is -0.432. The van der Waals surface area contributed by atoms with Crippen molar-refractivity contribution < 1.29 is 14.7 Å². The Hall–Kier alpha value is -2.86. The van der Waals surface area contributed by atoms with Crippen molar-refractivity contribution in [2.24, 2.45) is 4.99 Å². The molecule has 2 aromatic rings. The van der Waals surface area contributed by atoms with E-state index in [9.17, 15) is 14.7 Å². The number of phenolic OH excluding ortho intramolecular Hbond substituents is 1. The molecule has 0 saturated carbocycles. The van der Waals surface area contributed by atoms with E-state index in [1.165, 1.54) is 0 Å². The highest BCUT2D eigenvalue weighted by Crippen LogP contribution is 2.29. The van der Waals surface area contributed by atoms with Gasteiger partial charge >= 0.3 is 0 Å². The third-order valence-corrected chi connectivity index (χ3v) is 4.20. The number of rotatable bonds is 3. The van der Waals surface area contributed by atoms with Crippen LogP contribution in [0.1, 0.15) is 11.1 Å². The van der Waals surface area contributed by atoms with E-state index in [-0.39, 0.29) is 23.2 Å². The average molecular weight is 338 g/mol. The number of aromatic hydroxyl groups is 1. The molecule has 24 heavy (non-hydrogen) atoms. The summed E-state index contributed by atoms with van der Waals surface area (Å²) >= 11 is 1.08. The number of benzene rings is 2. The van der Waals surface area contributed by atoms with Gasteiger partial charge in [-0.1, -0.05) is 48.5 Å². The summed E-state index contributed by atoms with van der Waals surface area (Å²) in [5, 5.41) is 12.7. The van der Waals surface area contributed by atoms with Crippen LogP contribution in [0.15, 0.2) is 64.5 Å². The maximum atomic E-state index is 12.0. The number of carbonyl (C=O) groups excluding carboxylic acids is 2. The van der Waals surface area contributed by atoms with Crippen molar-refractivity contribution in [3.63, 3.8) is 0 Å². The highest BCUT2D eigenvalue weighted by molar-refractivity contribution is 8.18. The SMILES string of the molecule is O=C(Cc1ccccc1)NC1=NC(=O)/C(=C\c2ccccc2O)S1. The fourth-order valence-electron chi connectivity index (χ4n) is 2.16. The lowest BCUT2D eigenvalue weighted by atomic mass is 10.1. The van der Waals surface area contributed by atoms with E-state index >= 15 is 0 Å². The number of amides is 2. The first kappa shape index (κ1) is 16.0. The highest BCUT2D eigenvalue weighted by Gasteiger charge is 2.23. The summed E-state index contributed by atoms with van der Waals surface area (Å²) in [6.45, 7) is 0. The zero-order valence-corrected chi connectivity index (χ0v) is 13.4. The maximum absolute atomic E-state index is 12.0. The summed E-state index contributed by atoms with van der Waals surface area (Å²) in [5.41, 5.74) is 1.41. The fraction of sp³-hybridized carbons (Fsp3) is 0.0556. The molecule has 0 spiro atoms. The first-order valence-corrected chi connectivity index (χ1v) is 8.08. The summed E-state index contributed by atoms with van der Waals surface area (Å²) in [4.78, 5) is 28.1. The van der Waals surface area contributed by atoms with E-state index in [1.54, 1.807) is 30.3 Å². The monoisotopic (exact) mass is 338 g/mol. The minimum absolute atomic E-state index is 0.0833. The van der Waals surface area contributed by atoms with Crippen LogP contribution >= 0.6 is 11.8 Å². The van der Waals surface area contributed by atoms with Crippen molar-refractivity contribution in [2.75, 3.05) is 0 Å². The molecule has 0 unspecified atom stereocenters. The van der Waals surface area contributed by atoms with E-state index in [2.05, 4.69) is 10.3 Å². The van der Waals surface area contributed by atoms with E-state index in [4.69, 9.17) is 0 Å². The van der Waals surface area contributed by atoms with Crippen LogP contribution in [-0.4, -0.2) is 22.1 Å². The van der Waals surface area contributed by atoms with E-state index in [0.717, 1.165) is 17.3 Å². The molecule has 3 rings (SSSR count). The van der Waals surface area contributed by atoms with Crippen LogP contribution in [0, 0.1) is 0 Å². The number of nitrogens with one attached hydrogen (secondary N) is 1. The average Bonchev–Trinajstić information content (AvgIpc) is 2.90. The zero-order chi connectivity index (χ0) is 16.9. The van der Waals surface area contributed by atoms with Gasteiger partial charge in [0.05, 0.1) is 11.3 Å². The molecular weight excluding hydrogens is 324 g/mol. The Balaban J connectivity index is 1.65. The molecule has 5 nitrogen and oxygen atoms in total. The Morgan fingerprint density at radius 2 is 1.83 bits per heavy atom. The third-order valence-electron chi connectivity index (χ3n) is 3.30. The number of carbonyl (C=O) groups is 2. The number of hydrogen-bond donors (Lipinski definition) is 2. The predicted molar refractivity (Wildman–Crippen MR) is 94.4 cm³/mol. The van der Waals surface area contributed by atoms with Gasteiger partial charge in [-0.25, -0.2) is 0 Å². The van der Waals surface area contributed by atoms with Crippen LogP contribution in [0.2, 0.25) is 0 Å². The second kappa shape index (κ2) is 7.14. The number of amidine groups is 1. The van der Waals surface area contributed by atoms with E-state index < -0.39 is 5.91 Å². The molecule has 0 saturated heterocycles. The van der Waals surface area contributed by atoms with Crippen molar-refractivity contribution in [1.29, 1.82) is 0 Å². The number of aliphatic imine (C=N–C) groups is 1. The van der Waals surface area contributed by atoms with Crippen molar-refractivity contribution in [3.05, 3.63) is 70.6 Å². The van der Waals surface area contributed by atoms with Crippen molar-refractivity contribution in [1.82, 2.24) is 5.32 Å². The van der Waals surface area contributed by atoms with Crippen LogP contribution in [0.4, 0.5) is 0 Å². The molecule has 0 aromatic heterocycles. The maximum Gasteiger partial charge on any atom is 0.286 e. The molecule has 0 bridgehead atoms. The van der Waals surface area contributed by atoms with E-state index in [0.29, 0.717) is 10.5 Å². The molecule has 120 valence electrons. The normalized spacial score (nSPS) is 15.4. The molecule has 0 atom stereocenters. The van der Waals surface area contributed by atoms with Gasteiger partial charge in [-0.05, 0) is 29.5 Å². The Labute approximate surface area is 143 Å². The first-order chi connectivity index (χ1) is 11.6. The summed E-state index contributed by atoms with van der Waals surface area (Å²) < 4.78 is 0. The molecule has 0 fully saturated rings. The third kappa shape index (κ3) is 3.91. The topological polar surface area (TPSA) is 78.8 Å². The standard InChI is InChI=1S/C18H14N2O3S/c21-14-9-5-4-8-13(14)11-15-17(23)20-18(24-15)19-16(22)10-12-6-2-1-3-7-12/h1-9,11,21H,10H2,(H,19,20,22,23)/b15-11+. The summed E-state index contributed by atoms with van der Waals surface area (Å²) in [5.74, 6) is -0.581. The minimum Gasteiger partial charge on any atom is -0.507 e. The second-order valence-corrected chi connectivity index (χ2v) is 6.13. The van der Waals surface area contributed by atoms with Gasteiger partial charge in [-0.3, -0.25) is 9.59 Å². The second-order valence-electron chi connectivity index (χ2n) is 5.10. The number of hydrogen-bond acceptors (Lipinski definition) is 4. The van der Waals surface area contributed by atoms with Gasteiger partial charge in [0.2, 0.25) is 5.91 Å². The summed E-state index contributed by atoms with van der Waals surface area (Å²) in [6, 6.07) is 16.0. The summed E-state index contributed by atoms with van der Waals surface area (Å²) in [6.07, 6.45) is 1.77. The first-order valence-electron chi connectivity index (χ1n) is 7.26. The molecule has 0 radical (unpaired) electrons. The lowest BCUT2D eigenvalue weighted by molar-refractivity contribution is -0.119. The Kier molecular flexibility index (Phi) is 4.77. The molecule has 0 aliphatic carbocycles. The number of thioether (sulfide) groups is 1. The van der Waals surface area contributed by atoms with Gasteiger partial charge in [0.25, 0.3) is 5.91 Å². The van der Waals surface area contributed by atoms with Crippen LogP contribution in [0.3, 0.4) is 0 Å². The van der Waals surface area contributed by atoms with Crippen molar-refractivity contribution in [2.45, 2.75) is 6.42 Å². The molecule has 2 aromatic carbocycles. The Morgan fingerprint density at radius 3 is 2.58 bits per heavy atom. The fourth-order valence-corrected chi connectivity index (χ4v) is 2.98. The molecule has 2 amide bonds. The van der Waals surface area contributed by atoms with Gasteiger partial charge in [-0.15, -0.1) is 0 Å². The predicted octanol–water partition coefficient (Wildman–Crippen LogP) is 2.72.